The lowest BCUT2D eigenvalue weighted by molar-refractivity contribution is -0.682. The van der Waals surface area contributed by atoms with Crippen LogP contribution in [-0.4, -0.2) is 24.5 Å². The van der Waals surface area contributed by atoms with E-state index in [9.17, 15) is 9.59 Å². The third-order valence-corrected chi connectivity index (χ3v) is 4.87. The topological polar surface area (TPSA) is 74.8 Å². The predicted molar refractivity (Wildman–Crippen MR) is 95.2 cm³/mol. The number of amides is 3. The standard InChI is InChI=1S/C17H23Cl2N3O2/c1-11(14-8-7-12(18)9-15(14)19)20-10-16(23)22-17(24)21-13-5-3-2-4-6-13/h7-9,11,13,20H,2-6,10H2,1H3,(H2,21,22,23,24)/p+1/t11-/m1/s1. The fourth-order valence-corrected chi connectivity index (χ4v) is 3.51. The summed E-state index contributed by atoms with van der Waals surface area (Å²) in [6.45, 7) is 2.10. The summed E-state index contributed by atoms with van der Waals surface area (Å²) >= 11 is 12.0. The Morgan fingerprint density at radius 2 is 1.96 bits per heavy atom. The highest BCUT2D eigenvalue weighted by Crippen LogP contribution is 2.24. The second kappa shape index (κ2) is 9.25. The lowest BCUT2D eigenvalue weighted by atomic mass is 9.96. The van der Waals surface area contributed by atoms with Gasteiger partial charge in [-0.25, -0.2) is 4.79 Å². The highest BCUT2D eigenvalue weighted by Gasteiger charge is 2.19. The molecule has 24 heavy (non-hydrogen) atoms. The SMILES string of the molecule is C[C@@H]([NH2+]CC(=O)NC(=O)NC1CCCCC1)c1ccc(Cl)cc1Cl. The van der Waals surface area contributed by atoms with Crippen molar-refractivity contribution in [2.75, 3.05) is 6.54 Å². The van der Waals surface area contributed by atoms with E-state index in [2.05, 4.69) is 10.6 Å². The molecule has 0 spiro atoms. The van der Waals surface area contributed by atoms with Gasteiger partial charge in [0.05, 0.1) is 5.02 Å². The molecule has 0 heterocycles. The van der Waals surface area contributed by atoms with Crippen LogP contribution in [0.5, 0.6) is 0 Å². The normalized spacial score (nSPS) is 16.5. The smallest absolute Gasteiger partial charge is 0.321 e. The van der Waals surface area contributed by atoms with Crippen LogP contribution in [0.2, 0.25) is 10.0 Å². The van der Waals surface area contributed by atoms with Gasteiger partial charge in [-0.1, -0.05) is 48.5 Å². The van der Waals surface area contributed by atoms with Crippen molar-refractivity contribution in [2.24, 2.45) is 0 Å². The molecule has 2 rings (SSSR count). The zero-order valence-electron chi connectivity index (χ0n) is 13.8. The lowest BCUT2D eigenvalue weighted by Crippen LogP contribution is -2.87. The van der Waals surface area contributed by atoms with Crippen LogP contribution in [0.25, 0.3) is 0 Å². The Morgan fingerprint density at radius 3 is 2.62 bits per heavy atom. The summed E-state index contributed by atoms with van der Waals surface area (Å²) in [4.78, 5) is 23.7. The molecule has 1 aliphatic rings. The monoisotopic (exact) mass is 372 g/mol. The molecule has 7 heteroatoms. The number of imide groups is 1. The molecule has 0 unspecified atom stereocenters. The van der Waals surface area contributed by atoms with Crippen LogP contribution in [0.15, 0.2) is 18.2 Å². The number of urea groups is 1. The van der Waals surface area contributed by atoms with Crippen molar-refractivity contribution < 1.29 is 14.9 Å². The fraction of sp³-hybridized carbons (Fsp3) is 0.529. The minimum atomic E-state index is -0.405. The van der Waals surface area contributed by atoms with Gasteiger partial charge in [0.15, 0.2) is 6.54 Å². The van der Waals surface area contributed by atoms with E-state index in [4.69, 9.17) is 23.2 Å². The summed E-state index contributed by atoms with van der Waals surface area (Å²) < 4.78 is 0. The van der Waals surface area contributed by atoms with Crippen LogP contribution >= 0.6 is 23.2 Å². The van der Waals surface area contributed by atoms with Crippen molar-refractivity contribution in [1.82, 2.24) is 10.6 Å². The summed E-state index contributed by atoms with van der Waals surface area (Å²) in [5.74, 6) is -0.319. The van der Waals surface area contributed by atoms with Crippen LogP contribution in [0.4, 0.5) is 4.79 Å². The number of quaternary nitrogens is 1. The van der Waals surface area contributed by atoms with E-state index in [0.717, 1.165) is 31.2 Å². The number of carbonyl (C=O) groups is 2. The molecule has 1 atom stereocenters. The highest BCUT2D eigenvalue weighted by atomic mass is 35.5. The minimum Gasteiger partial charge on any atom is -0.335 e. The van der Waals surface area contributed by atoms with Gasteiger partial charge in [0.2, 0.25) is 0 Å². The van der Waals surface area contributed by atoms with E-state index >= 15 is 0 Å². The Bertz CT molecular complexity index is 589. The molecule has 1 aromatic carbocycles. The van der Waals surface area contributed by atoms with Gasteiger partial charge in [-0.3, -0.25) is 10.1 Å². The quantitative estimate of drug-likeness (QED) is 0.743. The van der Waals surface area contributed by atoms with Crippen molar-refractivity contribution in [3.05, 3.63) is 33.8 Å². The van der Waals surface area contributed by atoms with Crippen molar-refractivity contribution >= 4 is 35.1 Å². The summed E-state index contributed by atoms with van der Waals surface area (Å²) in [5.41, 5.74) is 0.903. The summed E-state index contributed by atoms with van der Waals surface area (Å²) in [7, 11) is 0. The number of nitrogens with two attached hydrogens (primary N) is 1. The van der Waals surface area contributed by atoms with Crippen molar-refractivity contribution in [1.29, 1.82) is 0 Å². The molecule has 1 fully saturated rings. The average Bonchev–Trinajstić information content (AvgIpc) is 2.53. The van der Waals surface area contributed by atoms with Crippen molar-refractivity contribution in [2.45, 2.75) is 51.1 Å². The molecule has 0 saturated heterocycles. The number of rotatable bonds is 5. The van der Waals surface area contributed by atoms with Crippen molar-refractivity contribution in [3.8, 4) is 0 Å². The minimum absolute atomic E-state index is 0.0121. The third kappa shape index (κ3) is 5.96. The maximum atomic E-state index is 11.9. The molecular formula is C17H24Cl2N3O2+. The van der Waals surface area contributed by atoms with Gasteiger partial charge in [0.1, 0.15) is 6.04 Å². The molecule has 3 amide bonds. The van der Waals surface area contributed by atoms with Gasteiger partial charge in [0.25, 0.3) is 5.91 Å². The van der Waals surface area contributed by atoms with Gasteiger partial charge in [-0.2, -0.15) is 0 Å². The molecule has 0 aliphatic heterocycles. The van der Waals surface area contributed by atoms with Crippen LogP contribution in [-0.2, 0) is 4.79 Å². The Balaban J connectivity index is 1.74. The Morgan fingerprint density at radius 1 is 1.25 bits per heavy atom. The van der Waals surface area contributed by atoms with Crippen LogP contribution < -0.4 is 16.0 Å². The molecular weight excluding hydrogens is 349 g/mol. The Kier molecular flexibility index (Phi) is 7.34. The molecule has 0 radical (unpaired) electrons. The largest absolute Gasteiger partial charge is 0.335 e. The second-order valence-corrected chi connectivity index (χ2v) is 7.09. The Labute approximate surface area is 152 Å². The zero-order chi connectivity index (χ0) is 17.5. The molecule has 4 N–H and O–H groups in total. The molecule has 1 saturated carbocycles. The number of benzene rings is 1. The Hall–Kier alpha value is -1.30. The van der Waals surface area contributed by atoms with E-state index in [-0.39, 0.29) is 24.5 Å². The van der Waals surface area contributed by atoms with E-state index < -0.39 is 6.03 Å². The van der Waals surface area contributed by atoms with Crippen LogP contribution in [0.1, 0.15) is 50.6 Å². The van der Waals surface area contributed by atoms with Gasteiger partial charge >= 0.3 is 6.03 Å². The van der Waals surface area contributed by atoms with E-state index in [1.807, 2.05) is 18.3 Å². The summed E-state index contributed by atoms with van der Waals surface area (Å²) in [6, 6.07) is 5.06. The van der Waals surface area contributed by atoms with Gasteiger partial charge < -0.3 is 10.6 Å². The maximum absolute atomic E-state index is 11.9. The first kappa shape index (κ1) is 19.0. The first-order chi connectivity index (χ1) is 11.5. The maximum Gasteiger partial charge on any atom is 0.321 e. The van der Waals surface area contributed by atoms with Crippen LogP contribution in [0, 0.1) is 0 Å². The summed E-state index contributed by atoms with van der Waals surface area (Å²) in [6.07, 6.45) is 5.45. The van der Waals surface area contributed by atoms with E-state index in [0.29, 0.717) is 10.0 Å². The summed E-state index contributed by atoms with van der Waals surface area (Å²) in [5, 5.41) is 8.23. The van der Waals surface area contributed by atoms with Crippen LogP contribution in [0.3, 0.4) is 0 Å². The number of nitrogens with one attached hydrogen (secondary N) is 2. The van der Waals surface area contributed by atoms with Gasteiger partial charge in [-0.15, -0.1) is 0 Å². The molecule has 1 aliphatic carbocycles. The first-order valence-electron chi connectivity index (χ1n) is 8.34. The van der Waals surface area contributed by atoms with Gasteiger partial charge in [0, 0.05) is 16.6 Å². The number of carbonyl (C=O) groups excluding carboxylic acids is 2. The number of halogens is 2. The van der Waals surface area contributed by atoms with E-state index in [1.165, 1.54) is 6.42 Å². The van der Waals surface area contributed by atoms with Gasteiger partial charge in [-0.05, 0) is 31.9 Å². The first-order valence-corrected chi connectivity index (χ1v) is 9.10. The van der Waals surface area contributed by atoms with E-state index in [1.54, 1.807) is 12.1 Å². The second-order valence-electron chi connectivity index (χ2n) is 6.25. The fourth-order valence-electron chi connectivity index (χ4n) is 2.93. The molecule has 132 valence electrons. The zero-order valence-corrected chi connectivity index (χ0v) is 15.3. The molecule has 1 aromatic rings. The molecule has 0 aromatic heterocycles. The lowest BCUT2D eigenvalue weighted by Gasteiger charge is -2.22. The predicted octanol–water partition coefficient (Wildman–Crippen LogP) is 2.78. The number of hydrogen-bond donors (Lipinski definition) is 3. The molecule has 0 bridgehead atoms. The molecule has 5 nitrogen and oxygen atoms in total. The van der Waals surface area contributed by atoms with Crippen molar-refractivity contribution in [3.63, 3.8) is 0 Å². The highest BCUT2D eigenvalue weighted by molar-refractivity contribution is 6.35. The average molecular weight is 373 g/mol. The third-order valence-electron chi connectivity index (χ3n) is 4.30. The number of hydrogen-bond acceptors (Lipinski definition) is 2.